The van der Waals surface area contributed by atoms with E-state index >= 15 is 0 Å². The summed E-state index contributed by atoms with van der Waals surface area (Å²) in [6.07, 6.45) is 0. The summed E-state index contributed by atoms with van der Waals surface area (Å²) in [5.74, 6) is 0.254. The maximum Gasteiger partial charge on any atom is 0.273 e. The van der Waals surface area contributed by atoms with Crippen LogP contribution in [-0.2, 0) is 0 Å². The normalized spacial score (nSPS) is 10.0. The number of hydrogen-bond acceptors (Lipinski definition) is 6. The zero-order chi connectivity index (χ0) is 17.0. The van der Waals surface area contributed by atoms with Crippen molar-refractivity contribution in [3.05, 3.63) is 52.1 Å². The van der Waals surface area contributed by atoms with Crippen molar-refractivity contribution in [3.8, 4) is 11.5 Å². The minimum Gasteiger partial charge on any atom is -0.497 e. The van der Waals surface area contributed by atoms with Gasteiger partial charge in [-0.15, -0.1) is 0 Å². The standard InChI is InChI=1S/C15H15N3O5/c1-22-10-4-5-11(12(16)8-10)15(19)17-13-6-3-9(18(20)21)7-14(13)23-2/h3-8H,16H2,1-2H3,(H,17,19). The molecule has 1 amide bonds. The van der Waals surface area contributed by atoms with Crippen LogP contribution in [0, 0.1) is 10.1 Å². The van der Waals surface area contributed by atoms with E-state index in [2.05, 4.69) is 5.32 Å². The van der Waals surface area contributed by atoms with Crippen molar-refractivity contribution in [1.82, 2.24) is 0 Å². The van der Waals surface area contributed by atoms with Gasteiger partial charge in [0.15, 0.2) is 0 Å². The SMILES string of the molecule is COc1ccc(C(=O)Nc2ccc([N+](=O)[O-])cc2OC)c(N)c1. The predicted molar refractivity (Wildman–Crippen MR) is 85.0 cm³/mol. The molecule has 2 aromatic rings. The van der Waals surface area contributed by atoms with Gasteiger partial charge in [-0.2, -0.15) is 0 Å². The molecule has 0 spiro atoms. The summed E-state index contributed by atoms with van der Waals surface area (Å²) in [7, 11) is 2.85. The zero-order valence-corrected chi connectivity index (χ0v) is 12.5. The second-order valence-corrected chi connectivity index (χ2v) is 4.55. The second-order valence-electron chi connectivity index (χ2n) is 4.55. The van der Waals surface area contributed by atoms with Crippen molar-refractivity contribution in [2.75, 3.05) is 25.3 Å². The average Bonchev–Trinajstić information content (AvgIpc) is 2.54. The number of nitrogen functional groups attached to an aromatic ring is 1. The van der Waals surface area contributed by atoms with E-state index in [4.69, 9.17) is 15.2 Å². The molecule has 3 N–H and O–H groups in total. The lowest BCUT2D eigenvalue weighted by molar-refractivity contribution is -0.384. The lowest BCUT2D eigenvalue weighted by Crippen LogP contribution is -2.14. The van der Waals surface area contributed by atoms with E-state index in [1.807, 2.05) is 0 Å². The van der Waals surface area contributed by atoms with E-state index in [0.717, 1.165) is 0 Å². The first kappa shape index (κ1) is 16.1. The van der Waals surface area contributed by atoms with Gasteiger partial charge in [-0.05, 0) is 18.2 Å². The number of nitro groups is 1. The van der Waals surface area contributed by atoms with E-state index in [0.29, 0.717) is 11.4 Å². The summed E-state index contributed by atoms with van der Waals surface area (Å²) in [6, 6.07) is 8.57. The van der Waals surface area contributed by atoms with Crippen LogP contribution in [0.3, 0.4) is 0 Å². The molecule has 0 saturated heterocycles. The highest BCUT2D eigenvalue weighted by molar-refractivity contribution is 6.08. The van der Waals surface area contributed by atoms with Gasteiger partial charge in [0.2, 0.25) is 0 Å². The summed E-state index contributed by atoms with van der Waals surface area (Å²) in [5, 5.41) is 13.4. The van der Waals surface area contributed by atoms with Crippen LogP contribution in [0.2, 0.25) is 0 Å². The van der Waals surface area contributed by atoms with E-state index in [-0.39, 0.29) is 22.7 Å². The number of anilines is 2. The Morgan fingerprint density at radius 2 is 1.91 bits per heavy atom. The Balaban J connectivity index is 2.28. The largest absolute Gasteiger partial charge is 0.497 e. The molecule has 0 bridgehead atoms. The molecule has 0 radical (unpaired) electrons. The van der Waals surface area contributed by atoms with Gasteiger partial charge in [0.25, 0.3) is 11.6 Å². The van der Waals surface area contributed by atoms with Gasteiger partial charge in [-0.1, -0.05) is 0 Å². The van der Waals surface area contributed by atoms with Crippen molar-refractivity contribution >= 4 is 23.0 Å². The maximum absolute atomic E-state index is 12.3. The Kier molecular flexibility index (Phi) is 4.65. The molecule has 120 valence electrons. The third-order valence-electron chi connectivity index (χ3n) is 3.15. The molecule has 0 unspecified atom stereocenters. The number of nitro benzene ring substituents is 1. The van der Waals surface area contributed by atoms with Crippen molar-refractivity contribution in [2.24, 2.45) is 0 Å². The molecule has 0 atom stereocenters. The fraction of sp³-hybridized carbons (Fsp3) is 0.133. The van der Waals surface area contributed by atoms with Gasteiger partial charge in [0.1, 0.15) is 11.5 Å². The van der Waals surface area contributed by atoms with Crippen LogP contribution in [0.5, 0.6) is 11.5 Å². The van der Waals surface area contributed by atoms with Crippen molar-refractivity contribution in [1.29, 1.82) is 0 Å². The first-order chi connectivity index (χ1) is 11.0. The molecule has 8 nitrogen and oxygen atoms in total. The second kappa shape index (κ2) is 6.65. The average molecular weight is 317 g/mol. The molecule has 0 aromatic heterocycles. The Hall–Kier alpha value is -3.29. The number of methoxy groups -OCH3 is 2. The molecular weight excluding hydrogens is 302 g/mol. The minimum absolute atomic E-state index is 0.135. The minimum atomic E-state index is -0.546. The summed E-state index contributed by atoms with van der Waals surface area (Å²) in [6.45, 7) is 0. The van der Waals surface area contributed by atoms with Gasteiger partial charge in [-0.25, -0.2) is 0 Å². The Bertz CT molecular complexity index is 761. The number of carbonyl (C=O) groups excluding carboxylic acids is 1. The fourth-order valence-corrected chi connectivity index (χ4v) is 1.96. The summed E-state index contributed by atoms with van der Waals surface area (Å²) in [4.78, 5) is 22.5. The molecule has 0 heterocycles. The number of nitrogens with one attached hydrogen (secondary N) is 1. The molecular formula is C15H15N3O5. The number of carbonyl (C=O) groups is 1. The number of nitrogens with two attached hydrogens (primary N) is 1. The summed E-state index contributed by atoms with van der Waals surface area (Å²) >= 11 is 0. The number of ether oxygens (including phenoxy) is 2. The highest BCUT2D eigenvalue weighted by Crippen LogP contribution is 2.30. The van der Waals surface area contributed by atoms with Crippen LogP contribution in [0.1, 0.15) is 10.4 Å². The predicted octanol–water partition coefficient (Wildman–Crippen LogP) is 2.45. The highest BCUT2D eigenvalue weighted by Gasteiger charge is 2.16. The lowest BCUT2D eigenvalue weighted by Gasteiger charge is -2.11. The van der Waals surface area contributed by atoms with E-state index < -0.39 is 10.8 Å². The first-order valence-electron chi connectivity index (χ1n) is 6.53. The lowest BCUT2D eigenvalue weighted by atomic mass is 10.1. The molecule has 0 aliphatic heterocycles. The molecule has 2 aromatic carbocycles. The van der Waals surface area contributed by atoms with Gasteiger partial charge < -0.3 is 20.5 Å². The van der Waals surface area contributed by atoms with Gasteiger partial charge in [-0.3, -0.25) is 14.9 Å². The molecule has 8 heteroatoms. The van der Waals surface area contributed by atoms with Crippen LogP contribution in [0.15, 0.2) is 36.4 Å². The zero-order valence-electron chi connectivity index (χ0n) is 12.5. The summed E-state index contributed by atoms with van der Waals surface area (Å²) in [5.41, 5.74) is 6.50. The van der Waals surface area contributed by atoms with Gasteiger partial charge >= 0.3 is 0 Å². The third-order valence-corrected chi connectivity index (χ3v) is 3.15. The third kappa shape index (κ3) is 3.49. The van der Waals surface area contributed by atoms with Crippen LogP contribution in [-0.4, -0.2) is 25.1 Å². The molecule has 0 fully saturated rings. The molecule has 0 aliphatic rings. The molecule has 0 aliphatic carbocycles. The quantitative estimate of drug-likeness (QED) is 0.497. The van der Waals surface area contributed by atoms with Crippen LogP contribution in [0.25, 0.3) is 0 Å². The maximum atomic E-state index is 12.3. The smallest absolute Gasteiger partial charge is 0.273 e. The number of benzene rings is 2. The first-order valence-corrected chi connectivity index (χ1v) is 6.53. The van der Waals surface area contributed by atoms with Gasteiger partial charge in [0.05, 0.1) is 36.5 Å². The van der Waals surface area contributed by atoms with E-state index in [1.165, 1.54) is 44.6 Å². The topological polar surface area (TPSA) is 117 Å². The molecule has 2 rings (SSSR count). The van der Waals surface area contributed by atoms with Crippen LogP contribution < -0.4 is 20.5 Å². The molecule has 0 saturated carbocycles. The van der Waals surface area contributed by atoms with E-state index in [9.17, 15) is 14.9 Å². The highest BCUT2D eigenvalue weighted by atomic mass is 16.6. The number of amides is 1. The van der Waals surface area contributed by atoms with Crippen LogP contribution >= 0.6 is 0 Å². The monoisotopic (exact) mass is 317 g/mol. The number of non-ortho nitro benzene ring substituents is 1. The fourth-order valence-electron chi connectivity index (χ4n) is 1.96. The van der Waals surface area contributed by atoms with Crippen LogP contribution in [0.4, 0.5) is 17.1 Å². The molecule has 23 heavy (non-hydrogen) atoms. The number of hydrogen-bond donors (Lipinski definition) is 2. The van der Waals surface area contributed by atoms with E-state index in [1.54, 1.807) is 6.07 Å². The number of nitrogens with zero attached hydrogens (tertiary/aromatic N) is 1. The Morgan fingerprint density at radius 1 is 1.17 bits per heavy atom. The van der Waals surface area contributed by atoms with Gasteiger partial charge in [0, 0.05) is 17.8 Å². The Morgan fingerprint density at radius 3 is 2.48 bits per heavy atom. The number of rotatable bonds is 5. The van der Waals surface area contributed by atoms with Crippen molar-refractivity contribution in [2.45, 2.75) is 0 Å². The Labute approximate surface area is 132 Å². The van der Waals surface area contributed by atoms with Crippen molar-refractivity contribution in [3.63, 3.8) is 0 Å². The summed E-state index contributed by atoms with van der Waals surface area (Å²) < 4.78 is 10.1. The van der Waals surface area contributed by atoms with Crippen molar-refractivity contribution < 1.29 is 19.2 Å².